The number of rotatable bonds is 2. The topological polar surface area (TPSA) is 25.7 Å². The van der Waals surface area contributed by atoms with E-state index in [0.717, 1.165) is 23.7 Å². The Hall–Kier alpha value is -1.18. The molecule has 1 aromatic rings. The summed E-state index contributed by atoms with van der Waals surface area (Å²) in [6, 6.07) is 0. The van der Waals surface area contributed by atoms with Gasteiger partial charge >= 0.3 is 0 Å². The molecule has 0 radical (unpaired) electrons. The van der Waals surface area contributed by atoms with Crippen LogP contribution in [0.15, 0.2) is 23.3 Å². The number of hydrogen-bond acceptors (Lipinski definition) is 2. The van der Waals surface area contributed by atoms with Gasteiger partial charge in [0.2, 0.25) is 11.5 Å². The number of furan rings is 1. The van der Waals surface area contributed by atoms with Crippen LogP contribution in [-0.2, 0) is 6.42 Å². The van der Waals surface area contributed by atoms with E-state index in [4.69, 9.17) is 9.15 Å². The minimum Gasteiger partial charge on any atom is -0.461 e. The Kier molecular flexibility index (Phi) is 0.730. The normalized spacial score (nSPS) is 12.0. The second-order valence-corrected chi connectivity index (χ2v) is 1.95. The van der Waals surface area contributed by atoms with Crippen molar-refractivity contribution in [1.29, 1.82) is 0 Å². The van der Waals surface area contributed by atoms with Gasteiger partial charge in [0.15, 0.2) is 5.76 Å². The lowest BCUT2D eigenvalue weighted by atomic mass is 10.3. The van der Waals surface area contributed by atoms with Crippen molar-refractivity contribution in [2.24, 2.45) is 0 Å². The summed E-state index contributed by atoms with van der Waals surface area (Å²) in [6.07, 6.45) is 4.17. The maximum atomic E-state index is 5.08. The van der Waals surface area contributed by atoms with Crippen LogP contribution in [0, 0.1) is 0 Å². The summed E-state index contributed by atoms with van der Waals surface area (Å²) in [5.74, 6) is 2.68. The first-order chi connectivity index (χ1) is 4.42. The first-order valence-electron chi connectivity index (χ1n) is 2.81. The van der Waals surface area contributed by atoms with Gasteiger partial charge in [0, 0.05) is 6.42 Å². The highest BCUT2D eigenvalue weighted by molar-refractivity contribution is 5.55. The van der Waals surface area contributed by atoms with Gasteiger partial charge in [-0.3, -0.25) is 0 Å². The number of fused-ring (bicyclic) bond motifs is 1. The van der Waals surface area contributed by atoms with Crippen LogP contribution in [0.4, 0.5) is 0 Å². The minimum atomic E-state index is 0.759. The molecule has 1 aliphatic rings. The highest BCUT2D eigenvalue weighted by Gasteiger charge is 2.28. The molecule has 0 amide bonds. The molecule has 0 aliphatic carbocycles. The highest BCUT2D eigenvalue weighted by atomic mass is 16.6. The van der Waals surface area contributed by atoms with Crippen molar-refractivity contribution in [3.63, 3.8) is 0 Å². The Bertz CT molecular complexity index is 247. The molecule has 0 fully saturated rings. The SMILES string of the molecule is C=CCc1occ2c1O2. The van der Waals surface area contributed by atoms with E-state index in [-0.39, 0.29) is 0 Å². The zero-order valence-corrected chi connectivity index (χ0v) is 4.89. The van der Waals surface area contributed by atoms with Crippen LogP contribution in [0.5, 0.6) is 11.5 Å². The Morgan fingerprint density at radius 2 is 2.56 bits per heavy atom. The Morgan fingerprint density at radius 1 is 1.67 bits per heavy atom. The second kappa shape index (κ2) is 1.41. The summed E-state index contributed by atoms with van der Waals surface area (Å²) in [7, 11) is 0. The van der Waals surface area contributed by atoms with Gasteiger partial charge in [0.25, 0.3) is 0 Å². The predicted molar refractivity (Wildman–Crippen MR) is 32.7 cm³/mol. The summed E-state index contributed by atoms with van der Waals surface area (Å²) < 4.78 is 10.1. The van der Waals surface area contributed by atoms with E-state index in [1.165, 1.54) is 0 Å². The lowest BCUT2D eigenvalue weighted by Gasteiger charge is -1.85. The molecule has 2 rings (SSSR count). The van der Waals surface area contributed by atoms with E-state index in [0.29, 0.717) is 0 Å². The van der Waals surface area contributed by atoms with E-state index >= 15 is 0 Å². The van der Waals surface area contributed by atoms with E-state index < -0.39 is 0 Å². The summed E-state index contributed by atoms with van der Waals surface area (Å²) in [6.45, 7) is 3.58. The maximum Gasteiger partial charge on any atom is 0.212 e. The number of ether oxygens (including phenoxy) is 1. The largest absolute Gasteiger partial charge is 0.461 e. The van der Waals surface area contributed by atoms with Gasteiger partial charge in [-0.15, -0.1) is 6.58 Å². The van der Waals surface area contributed by atoms with Crippen LogP contribution < -0.4 is 4.74 Å². The zero-order valence-electron chi connectivity index (χ0n) is 4.89. The summed E-state index contributed by atoms with van der Waals surface area (Å²) in [5, 5.41) is 0. The van der Waals surface area contributed by atoms with Crippen LogP contribution in [0.25, 0.3) is 0 Å². The molecule has 1 aliphatic heterocycles. The molecule has 2 nitrogen and oxygen atoms in total. The molecular weight excluding hydrogens is 116 g/mol. The van der Waals surface area contributed by atoms with Gasteiger partial charge in [0.05, 0.1) is 0 Å². The zero-order chi connectivity index (χ0) is 6.27. The van der Waals surface area contributed by atoms with Crippen molar-refractivity contribution >= 4 is 0 Å². The molecule has 46 valence electrons. The fourth-order valence-corrected chi connectivity index (χ4v) is 0.806. The molecule has 2 heteroatoms. The molecule has 0 bridgehead atoms. The molecule has 1 aromatic heterocycles. The third-order valence-corrected chi connectivity index (χ3v) is 1.29. The third-order valence-electron chi connectivity index (χ3n) is 1.29. The van der Waals surface area contributed by atoms with Crippen molar-refractivity contribution in [3.05, 3.63) is 24.7 Å². The van der Waals surface area contributed by atoms with Gasteiger partial charge in [-0.1, -0.05) is 6.08 Å². The van der Waals surface area contributed by atoms with E-state index in [1.54, 1.807) is 12.3 Å². The van der Waals surface area contributed by atoms with Gasteiger partial charge in [-0.2, -0.15) is 0 Å². The minimum absolute atomic E-state index is 0.759. The molecule has 0 atom stereocenters. The van der Waals surface area contributed by atoms with Gasteiger partial charge in [0.1, 0.15) is 6.26 Å². The van der Waals surface area contributed by atoms with Crippen LogP contribution >= 0.6 is 0 Å². The van der Waals surface area contributed by atoms with Crippen molar-refractivity contribution in [2.75, 3.05) is 0 Å². The van der Waals surface area contributed by atoms with Gasteiger partial charge < -0.3 is 9.15 Å². The molecule has 9 heavy (non-hydrogen) atoms. The molecule has 0 N–H and O–H groups in total. The molecule has 2 heterocycles. The second-order valence-electron chi connectivity index (χ2n) is 1.95. The average Bonchev–Trinajstić information content (AvgIpc) is 2.54. The van der Waals surface area contributed by atoms with Crippen LogP contribution in [0.3, 0.4) is 0 Å². The summed E-state index contributed by atoms with van der Waals surface area (Å²) in [5.41, 5.74) is 0. The number of allylic oxidation sites excluding steroid dienone is 1. The van der Waals surface area contributed by atoms with Gasteiger partial charge in [-0.05, 0) is 0 Å². The summed E-state index contributed by atoms with van der Waals surface area (Å²) >= 11 is 0. The smallest absolute Gasteiger partial charge is 0.212 e. The van der Waals surface area contributed by atoms with Crippen molar-refractivity contribution in [1.82, 2.24) is 0 Å². The molecule has 0 unspecified atom stereocenters. The van der Waals surface area contributed by atoms with Crippen LogP contribution in [0.2, 0.25) is 0 Å². The first-order valence-corrected chi connectivity index (χ1v) is 2.81. The van der Waals surface area contributed by atoms with Crippen molar-refractivity contribution in [2.45, 2.75) is 6.42 Å². The molecule has 0 spiro atoms. The predicted octanol–water partition coefficient (Wildman–Crippen LogP) is 2.11. The molecular formula is C7H6O2. The number of hydrogen-bond donors (Lipinski definition) is 0. The first kappa shape index (κ1) is 4.68. The maximum absolute atomic E-state index is 5.08. The Balaban J connectivity index is 2.31. The fourth-order valence-electron chi connectivity index (χ4n) is 0.806. The third kappa shape index (κ3) is 0.560. The fraction of sp³-hybridized carbons (Fsp3) is 0.143. The van der Waals surface area contributed by atoms with Crippen molar-refractivity contribution in [3.8, 4) is 11.5 Å². The van der Waals surface area contributed by atoms with E-state index in [9.17, 15) is 0 Å². The Morgan fingerprint density at radius 3 is 3.00 bits per heavy atom. The van der Waals surface area contributed by atoms with E-state index in [2.05, 4.69) is 6.58 Å². The average molecular weight is 122 g/mol. The van der Waals surface area contributed by atoms with Crippen LogP contribution in [-0.4, -0.2) is 0 Å². The lowest BCUT2D eigenvalue weighted by molar-refractivity contribution is 0.467. The van der Waals surface area contributed by atoms with Crippen LogP contribution in [0.1, 0.15) is 5.76 Å². The Labute approximate surface area is 52.7 Å². The molecule has 0 aromatic carbocycles. The highest BCUT2D eigenvalue weighted by Crippen LogP contribution is 2.49. The standard InChI is InChI=1S/C7H6O2/c1-2-3-5-7-6(9-7)4-8-5/h2,4H,1,3H2. The van der Waals surface area contributed by atoms with E-state index in [1.807, 2.05) is 0 Å². The summed E-state index contributed by atoms with van der Waals surface area (Å²) in [4.78, 5) is 0. The molecule has 0 saturated heterocycles. The van der Waals surface area contributed by atoms with Gasteiger partial charge in [-0.25, -0.2) is 0 Å². The lowest BCUT2D eigenvalue weighted by Crippen LogP contribution is -1.72. The molecule has 0 saturated carbocycles. The quantitative estimate of drug-likeness (QED) is 0.450. The van der Waals surface area contributed by atoms with Crippen molar-refractivity contribution < 1.29 is 9.15 Å². The monoisotopic (exact) mass is 122 g/mol.